The lowest BCUT2D eigenvalue weighted by atomic mass is 10.2. The van der Waals surface area contributed by atoms with E-state index in [1.165, 1.54) is 0 Å². The third-order valence-corrected chi connectivity index (χ3v) is 3.61. The largest absolute Gasteiger partial charge is 0.255 e. The minimum Gasteiger partial charge on any atom is -0.255 e. The lowest BCUT2D eigenvalue weighted by Gasteiger charge is -2.03. The van der Waals surface area contributed by atoms with Gasteiger partial charge in [0.25, 0.3) is 0 Å². The smallest absolute Gasteiger partial charge is 0.0910 e. The maximum atomic E-state index is 6.01. The minimum absolute atomic E-state index is 0.691. The summed E-state index contributed by atoms with van der Waals surface area (Å²) in [6.07, 6.45) is 1.74. The zero-order chi connectivity index (χ0) is 9.42. The third-order valence-electron chi connectivity index (χ3n) is 1.74. The quantitative estimate of drug-likeness (QED) is 0.634. The van der Waals surface area contributed by atoms with Crippen molar-refractivity contribution in [2.24, 2.45) is 0 Å². The first-order valence-corrected chi connectivity index (χ1v) is 5.83. The van der Waals surface area contributed by atoms with Crippen LogP contribution in [0.4, 0.5) is 0 Å². The monoisotopic (exact) mass is 367 g/mol. The molecular formula is C9H4BrClIN. The van der Waals surface area contributed by atoms with Crippen LogP contribution in [-0.4, -0.2) is 4.98 Å². The van der Waals surface area contributed by atoms with Crippen LogP contribution in [0.3, 0.4) is 0 Å². The average Bonchev–Trinajstić information content (AvgIpc) is 2.12. The highest BCUT2D eigenvalue weighted by atomic mass is 127. The summed E-state index contributed by atoms with van der Waals surface area (Å²) in [4.78, 5) is 4.24. The van der Waals surface area contributed by atoms with Gasteiger partial charge in [-0.1, -0.05) is 27.5 Å². The summed E-state index contributed by atoms with van der Waals surface area (Å²) in [7, 11) is 0. The second-order valence-electron chi connectivity index (χ2n) is 2.55. The molecule has 0 aliphatic carbocycles. The molecule has 0 aliphatic heterocycles. The Hall–Kier alpha value is 0.130. The molecule has 0 radical (unpaired) electrons. The van der Waals surface area contributed by atoms with E-state index >= 15 is 0 Å². The standard InChI is InChI=1S/C9H4BrClIN/c10-5-3-4-13-9-6(11)1-2-7(12)8(5)9/h1-4H. The van der Waals surface area contributed by atoms with Gasteiger partial charge in [0.15, 0.2) is 0 Å². The van der Waals surface area contributed by atoms with E-state index in [0.29, 0.717) is 5.02 Å². The van der Waals surface area contributed by atoms with Crippen molar-refractivity contribution in [1.29, 1.82) is 0 Å². The zero-order valence-electron chi connectivity index (χ0n) is 6.39. The van der Waals surface area contributed by atoms with Crippen molar-refractivity contribution >= 4 is 61.0 Å². The van der Waals surface area contributed by atoms with Gasteiger partial charge in [0.1, 0.15) is 0 Å². The molecule has 13 heavy (non-hydrogen) atoms. The SMILES string of the molecule is Clc1ccc(I)c2c(Br)ccnc12. The van der Waals surface area contributed by atoms with Gasteiger partial charge in [-0.15, -0.1) is 0 Å². The van der Waals surface area contributed by atoms with E-state index in [-0.39, 0.29) is 0 Å². The summed E-state index contributed by atoms with van der Waals surface area (Å²) in [5.41, 5.74) is 0.850. The maximum absolute atomic E-state index is 6.01. The van der Waals surface area contributed by atoms with Gasteiger partial charge < -0.3 is 0 Å². The molecule has 0 amide bonds. The lowest BCUT2D eigenvalue weighted by Crippen LogP contribution is -1.84. The van der Waals surface area contributed by atoms with E-state index in [4.69, 9.17) is 11.6 Å². The Morgan fingerprint density at radius 3 is 2.77 bits per heavy atom. The molecule has 0 unspecified atom stereocenters. The molecule has 4 heteroatoms. The van der Waals surface area contributed by atoms with Crippen LogP contribution in [0.25, 0.3) is 10.9 Å². The molecule has 0 bridgehead atoms. The molecular weight excluding hydrogens is 364 g/mol. The average molecular weight is 368 g/mol. The van der Waals surface area contributed by atoms with Crippen LogP contribution in [0, 0.1) is 3.57 Å². The molecule has 0 atom stereocenters. The van der Waals surface area contributed by atoms with Gasteiger partial charge in [0.05, 0.1) is 10.5 Å². The highest BCUT2D eigenvalue weighted by Crippen LogP contribution is 2.31. The highest BCUT2D eigenvalue weighted by Gasteiger charge is 2.06. The molecule has 0 saturated heterocycles. The fourth-order valence-electron chi connectivity index (χ4n) is 1.16. The molecule has 1 aromatic carbocycles. The number of hydrogen-bond donors (Lipinski definition) is 0. The van der Waals surface area contributed by atoms with Crippen molar-refractivity contribution < 1.29 is 0 Å². The van der Waals surface area contributed by atoms with Gasteiger partial charge in [-0.25, -0.2) is 0 Å². The number of fused-ring (bicyclic) bond motifs is 1. The van der Waals surface area contributed by atoms with Crippen LogP contribution >= 0.6 is 50.1 Å². The molecule has 2 aromatic rings. The first-order chi connectivity index (χ1) is 6.20. The van der Waals surface area contributed by atoms with Gasteiger partial charge >= 0.3 is 0 Å². The molecule has 1 nitrogen and oxygen atoms in total. The molecule has 0 spiro atoms. The number of nitrogens with zero attached hydrogens (tertiary/aromatic N) is 1. The van der Waals surface area contributed by atoms with Gasteiger partial charge in [0.2, 0.25) is 0 Å². The molecule has 1 heterocycles. The van der Waals surface area contributed by atoms with Gasteiger partial charge in [-0.05, 0) is 40.8 Å². The second-order valence-corrected chi connectivity index (χ2v) is 4.97. The van der Waals surface area contributed by atoms with Crippen LogP contribution in [0.1, 0.15) is 0 Å². The fourth-order valence-corrected chi connectivity index (χ4v) is 2.98. The first-order valence-electron chi connectivity index (χ1n) is 3.58. The number of hydrogen-bond acceptors (Lipinski definition) is 1. The van der Waals surface area contributed by atoms with E-state index in [1.807, 2.05) is 18.2 Å². The van der Waals surface area contributed by atoms with E-state index in [2.05, 4.69) is 43.5 Å². The summed E-state index contributed by atoms with van der Waals surface area (Å²) in [6.45, 7) is 0. The summed E-state index contributed by atoms with van der Waals surface area (Å²) >= 11 is 11.8. The molecule has 66 valence electrons. The van der Waals surface area contributed by atoms with E-state index in [9.17, 15) is 0 Å². The minimum atomic E-state index is 0.691. The van der Waals surface area contributed by atoms with Gasteiger partial charge in [0, 0.05) is 19.6 Å². The van der Waals surface area contributed by atoms with Gasteiger partial charge in [-0.3, -0.25) is 4.98 Å². The number of rotatable bonds is 0. The van der Waals surface area contributed by atoms with Crippen LogP contribution in [-0.2, 0) is 0 Å². The Balaban J connectivity index is 3.00. The van der Waals surface area contributed by atoms with E-state index < -0.39 is 0 Å². The predicted molar refractivity (Wildman–Crippen MR) is 67.2 cm³/mol. The Labute approximate surface area is 103 Å². The molecule has 0 fully saturated rings. The van der Waals surface area contributed by atoms with Crippen LogP contribution in [0.15, 0.2) is 28.9 Å². The molecule has 1 aromatic heterocycles. The van der Waals surface area contributed by atoms with Crippen molar-refractivity contribution in [1.82, 2.24) is 4.98 Å². The van der Waals surface area contributed by atoms with Crippen molar-refractivity contribution in [3.63, 3.8) is 0 Å². The molecule has 0 saturated carbocycles. The number of pyridine rings is 1. The fraction of sp³-hybridized carbons (Fsp3) is 0. The van der Waals surface area contributed by atoms with E-state index in [1.54, 1.807) is 6.20 Å². The Morgan fingerprint density at radius 2 is 2.08 bits per heavy atom. The number of benzene rings is 1. The molecule has 0 N–H and O–H groups in total. The normalized spacial score (nSPS) is 10.7. The first kappa shape index (κ1) is 9.68. The molecule has 2 rings (SSSR count). The zero-order valence-corrected chi connectivity index (χ0v) is 10.9. The number of halogens is 3. The summed E-state index contributed by atoms with van der Waals surface area (Å²) in [6, 6.07) is 5.77. The third kappa shape index (κ3) is 1.69. The van der Waals surface area contributed by atoms with Crippen molar-refractivity contribution in [3.05, 3.63) is 37.5 Å². The predicted octanol–water partition coefficient (Wildman–Crippen LogP) is 4.26. The van der Waals surface area contributed by atoms with Gasteiger partial charge in [-0.2, -0.15) is 0 Å². The summed E-state index contributed by atoms with van der Waals surface area (Å²) < 4.78 is 2.18. The van der Waals surface area contributed by atoms with Crippen LogP contribution in [0.2, 0.25) is 5.02 Å². The Kier molecular flexibility index (Phi) is 2.76. The van der Waals surface area contributed by atoms with E-state index in [0.717, 1.165) is 18.9 Å². The van der Waals surface area contributed by atoms with Crippen molar-refractivity contribution in [3.8, 4) is 0 Å². The van der Waals surface area contributed by atoms with Crippen LogP contribution < -0.4 is 0 Å². The van der Waals surface area contributed by atoms with Crippen LogP contribution in [0.5, 0.6) is 0 Å². The summed E-state index contributed by atoms with van der Waals surface area (Å²) in [5.74, 6) is 0. The Bertz CT molecular complexity index is 464. The maximum Gasteiger partial charge on any atom is 0.0910 e. The molecule has 0 aliphatic rings. The Morgan fingerprint density at radius 1 is 1.31 bits per heavy atom. The van der Waals surface area contributed by atoms with Crippen molar-refractivity contribution in [2.75, 3.05) is 0 Å². The topological polar surface area (TPSA) is 12.9 Å². The van der Waals surface area contributed by atoms with Crippen molar-refractivity contribution in [2.45, 2.75) is 0 Å². The summed E-state index contributed by atoms with van der Waals surface area (Å²) in [5, 5.41) is 1.77. The highest BCUT2D eigenvalue weighted by molar-refractivity contribution is 14.1. The lowest BCUT2D eigenvalue weighted by molar-refractivity contribution is 1.40. The number of aromatic nitrogens is 1. The second kappa shape index (κ2) is 3.71.